The number of likely N-dealkylation sites (tertiary alicyclic amines) is 1. The predicted molar refractivity (Wildman–Crippen MR) is 102 cm³/mol. The highest BCUT2D eigenvalue weighted by Crippen LogP contribution is 2.21. The Labute approximate surface area is 153 Å². The Kier molecular flexibility index (Phi) is 7.78. The SMILES string of the molecule is CN=C(NCCN1C(=O)CCCC1=O)NCC(C)Sc1ccccc1. The van der Waals surface area contributed by atoms with Gasteiger partial charge in [-0.3, -0.25) is 19.5 Å². The first-order chi connectivity index (χ1) is 12.1. The Bertz CT molecular complexity index is 590. The largest absolute Gasteiger partial charge is 0.355 e. The fourth-order valence-corrected chi connectivity index (χ4v) is 3.51. The summed E-state index contributed by atoms with van der Waals surface area (Å²) in [7, 11) is 1.71. The minimum absolute atomic E-state index is 0.0751. The lowest BCUT2D eigenvalue weighted by Crippen LogP contribution is -2.47. The van der Waals surface area contributed by atoms with Gasteiger partial charge in [-0.05, 0) is 18.6 Å². The van der Waals surface area contributed by atoms with Gasteiger partial charge in [-0.15, -0.1) is 11.8 Å². The molecular formula is C18H26N4O2S. The standard InChI is InChI=1S/C18H26N4O2S/c1-14(25-15-7-4-3-5-8-15)13-21-18(19-2)20-11-12-22-16(23)9-6-10-17(22)24/h3-5,7-8,14H,6,9-13H2,1-2H3,(H2,19,20,21). The third kappa shape index (κ3) is 6.42. The maximum absolute atomic E-state index is 11.8. The van der Waals surface area contributed by atoms with E-state index in [2.05, 4.69) is 34.7 Å². The van der Waals surface area contributed by atoms with Crippen LogP contribution < -0.4 is 10.6 Å². The molecule has 1 aromatic rings. The van der Waals surface area contributed by atoms with Crippen LogP contribution in [-0.2, 0) is 9.59 Å². The minimum Gasteiger partial charge on any atom is -0.355 e. The van der Waals surface area contributed by atoms with Crippen molar-refractivity contribution >= 4 is 29.5 Å². The van der Waals surface area contributed by atoms with Crippen molar-refractivity contribution < 1.29 is 9.59 Å². The van der Waals surface area contributed by atoms with Gasteiger partial charge in [0, 0.05) is 49.7 Å². The van der Waals surface area contributed by atoms with Crippen molar-refractivity contribution in [1.29, 1.82) is 0 Å². The van der Waals surface area contributed by atoms with E-state index in [1.165, 1.54) is 9.80 Å². The molecule has 0 saturated carbocycles. The number of nitrogens with zero attached hydrogens (tertiary/aromatic N) is 2. The van der Waals surface area contributed by atoms with E-state index in [9.17, 15) is 9.59 Å². The molecule has 2 N–H and O–H groups in total. The molecule has 6 nitrogen and oxygen atoms in total. The first-order valence-electron chi connectivity index (χ1n) is 8.59. The van der Waals surface area contributed by atoms with Crippen LogP contribution in [0.4, 0.5) is 0 Å². The molecule has 1 heterocycles. The number of aliphatic imine (C=N–C) groups is 1. The molecule has 2 rings (SSSR count). The Balaban J connectivity index is 1.70. The summed E-state index contributed by atoms with van der Waals surface area (Å²) in [5.74, 6) is 0.528. The monoisotopic (exact) mass is 362 g/mol. The molecule has 1 atom stereocenters. The van der Waals surface area contributed by atoms with E-state index < -0.39 is 0 Å². The number of nitrogens with one attached hydrogen (secondary N) is 2. The lowest BCUT2D eigenvalue weighted by Gasteiger charge is -2.25. The summed E-state index contributed by atoms with van der Waals surface area (Å²) in [5.41, 5.74) is 0. The number of amides is 2. The maximum atomic E-state index is 11.8. The molecule has 1 aliphatic heterocycles. The molecule has 25 heavy (non-hydrogen) atoms. The average molecular weight is 362 g/mol. The number of carbonyl (C=O) groups excluding carboxylic acids is 2. The summed E-state index contributed by atoms with van der Waals surface area (Å²) in [5, 5.41) is 6.82. The van der Waals surface area contributed by atoms with Gasteiger partial charge in [-0.2, -0.15) is 0 Å². The van der Waals surface area contributed by atoms with E-state index in [0.717, 1.165) is 6.54 Å². The van der Waals surface area contributed by atoms with Crippen LogP contribution in [-0.4, -0.2) is 54.6 Å². The highest BCUT2D eigenvalue weighted by molar-refractivity contribution is 8.00. The molecule has 0 radical (unpaired) electrons. The zero-order valence-corrected chi connectivity index (χ0v) is 15.6. The van der Waals surface area contributed by atoms with E-state index in [1.54, 1.807) is 18.8 Å². The predicted octanol–water partition coefficient (Wildman–Crippen LogP) is 1.87. The van der Waals surface area contributed by atoms with Crippen molar-refractivity contribution in [3.8, 4) is 0 Å². The third-order valence-electron chi connectivity index (χ3n) is 3.87. The molecule has 1 aromatic carbocycles. The Morgan fingerprint density at radius 2 is 1.88 bits per heavy atom. The van der Waals surface area contributed by atoms with Gasteiger partial charge in [0.2, 0.25) is 11.8 Å². The van der Waals surface area contributed by atoms with Crippen LogP contribution >= 0.6 is 11.8 Å². The molecule has 1 saturated heterocycles. The number of benzene rings is 1. The number of thioether (sulfide) groups is 1. The fourth-order valence-electron chi connectivity index (χ4n) is 2.57. The smallest absolute Gasteiger partial charge is 0.229 e. The molecule has 1 unspecified atom stereocenters. The zero-order chi connectivity index (χ0) is 18.1. The maximum Gasteiger partial charge on any atom is 0.229 e. The minimum atomic E-state index is -0.0751. The lowest BCUT2D eigenvalue weighted by molar-refractivity contribution is -0.147. The molecule has 0 bridgehead atoms. The molecule has 0 spiro atoms. The van der Waals surface area contributed by atoms with Gasteiger partial charge >= 0.3 is 0 Å². The van der Waals surface area contributed by atoms with Crippen LogP contribution in [0, 0.1) is 0 Å². The Morgan fingerprint density at radius 3 is 2.52 bits per heavy atom. The summed E-state index contributed by atoms with van der Waals surface area (Å²) < 4.78 is 0. The Morgan fingerprint density at radius 1 is 1.20 bits per heavy atom. The van der Waals surface area contributed by atoms with Gasteiger partial charge in [-0.1, -0.05) is 25.1 Å². The van der Waals surface area contributed by atoms with Crippen LogP contribution in [0.2, 0.25) is 0 Å². The molecule has 136 valence electrons. The first-order valence-corrected chi connectivity index (χ1v) is 9.47. The van der Waals surface area contributed by atoms with E-state index in [1.807, 2.05) is 18.2 Å². The molecule has 1 aliphatic rings. The van der Waals surface area contributed by atoms with Crippen molar-refractivity contribution in [3.63, 3.8) is 0 Å². The van der Waals surface area contributed by atoms with Gasteiger partial charge in [0.1, 0.15) is 0 Å². The van der Waals surface area contributed by atoms with Gasteiger partial charge < -0.3 is 10.6 Å². The summed E-state index contributed by atoms with van der Waals surface area (Å²) in [6.07, 6.45) is 1.60. The summed E-state index contributed by atoms with van der Waals surface area (Å²) in [4.78, 5) is 30.3. The van der Waals surface area contributed by atoms with Gasteiger partial charge in [0.05, 0.1) is 0 Å². The molecule has 7 heteroatoms. The lowest BCUT2D eigenvalue weighted by atomic mass is 10.1. The van der Waals surface area contributed by atoms with Crippen LogP contribution in [0.25, 0.3) is 0 Å². The number of carbonyl (C=O) groups is 2. The van der Waals surface area contributed by atoms with E-state index >= 15 is 0 Å². The van der Waals surface area contributed by atoms with Gasteiger partial charge in [0.15, 0.2) is 5.96 Å². The molecular weight excluding hydrogens is 336 g/mol. The van der Waals surface area contributed by atoms with E-state index in [-0.39, 0.29) is 11.8 Å². The first kappa shape index (κ1) is 19.3. The second-order valence-corrected chi connectivity index (χ2v) is 7.43. The highest BCUT2D eigenvalue weighted by Gasteiger charge is 2.25. The molecule has 0 aliphatic carbocycles. The van der Waals surface area contributed by atoms with Crippen LogP contribution in [0.3, 0.4) is 0 Å². The van der Waals surface area contributed by atoms with Crippen LogP contribution in [0.5, 0.6) is 0 Å². The number of rotatable bonds is 7. The van der Waals surface area contributed by atoms with E-state index in [0.29, 0.717) is 43.6 Å². The highest BCUT2D eigenvalue weighted by atomic mass is 32.2. The molecule has 0 aromatic heterocycles. The molecule has 1 fully saturated rings. The Hall–Kier alpha value is -2.02. The van der Waals surface area contributed by atoms with Crippen molar-refractivity contribution in [2.75, 3.05) is 26.7 Å². The van der Waals surface area contributed by atoms with Crippen molar-refractivity contribution in [2.24, 2.45) is 4.99 Å². The van der Waals surface area contributed by atoms with Crippen molar-refractivity contribution in [2.45, 2.75) is 36.3 Å². The summed E-state index contributed by atoms with van der Waals surface area (Å²) in [6.45, 7) is 3.80. The zero-order valence-electron chi connectivity index (χ0n) is 14.8. The van der Waals surface area contributed by atoms with Crippen molar-refractivity contribution in [1.82, 2.24) is 15.5 Å². The van der Waals surface area contributed by atoms with Crippen LogP contribution in [0.1, 0.15) is 26.2 Å². The third-order valence-corrected chi connectivity index (χ3v) is 4.99. The van der Waals surface area contributed by atoms with Gasteiger partial charge in [-0.25, -0.2) is 0 Å². The van der Waals surface area contributed by atoms with Crippen LogP contribution in [0.15, 0.2) is 40.2 Å². The molecule has 2 amide bonds. The topological polar surface area (TPSA) is 73.8 Å². The summed E-state index contributed by atoms with van der Waals surface area (Å²) >= 11 is 1.80. The van der Waals surface area contributed by atoms with Gasteiger partial charge in [0.25, 0.3) is 0 Å². The number of hydrogen-bond acceptors (Lipinski definition) is 4. The van der Waals surface area contributed by atoms with E-state index in [4.69, 9.17) is 0 Å². The number of imide groups is 1. The fraction of sp³-hybridized carbons (Fsp3) is 0.500. The quantitative estimate of drug-likeness (QED) is 0.335. The second kappa shape index (κ2) is 10.1. The summed E-state index contributed by atoms with van der Waals surface area (Å²) in [6, 6.07) is 10.3. The number of guanidine groups is 1. The average Bonchev–Trinajstić information content (AvgIpc) is 2.61. The normalized spacial score (nSPS) is 16.7. The number of piperidine rings is 1. The number of hydrogen-bond donors (Lipinski definition) is 2. The second-order valence-electron chi connectivity index (χ2n) is 5.91. The van der Waals surface area contributed by atoms with Crippen molar-refractivity contribution in [3.05, 3.63) is 30.3 Å².